The lowest BCUT2D eigenvalue weighted by Crippen LogP contribution is -2.48. The van der Waals surface area contributed by atoms with Crippen LogP contribution in [0.2, 0.25) is 0 Å². The normalized spacial score (nSPS) is 10.3. The van der Waals surface area contributed by atoms with Gasteiger partial charge in [-0.25, -0.2) is 0 Å². The molecule has 66 valence electrons. The van der Waals surface area contributed by atoms with E-state index < -0.39 is 0 Å². The van der Waals surface area contributed by atoms with Crippen LogP contribution < -0.4 is 0 Å². The Bertz CT molecular complexity index is 176. The molecule has 0 bridgehead atoms. The quantitative estimate of drug-likeness (QED) is 0.427. The first-order valence-electron chi connectivity index (χ1n) is 4.46. The Hall–Kier alpha value is -0.920. The van der Waals surface area contributed by atoms with Crippen molar-refractivity contribution in [2.24, 2.45) is 0 Å². The first-order valence-corrected chi connectivity index (χ1v) is 4.46. The monoisotopic (exact) mass is 164 g/mol. The summed E-state index contributed by atoms with van der Waals surface area (Å²) in [7, 11) is 0. The van der Waals surface area contributed by atoms with Gasteiger partial charge in [-0.2, -0.15) is 0 Å². The maximum atomic E-state index is 5.32. The third-order valence-corrected chi connectivity index (χ3v) is 2.22. The van der Waals surface area contributed by atoms with Gasteiger partial charge in [-0.3, -0.25) is 0 Å². The number of quaternary nitrogens is 1. The molecule has 0 saturated heterocycles. The van der Waals surface area contributed by atoms with E-state index in [9.17, 15) is 0 Å². The lowest BCUT2D eigenvalue weighted by molar-refractivity contribution is -0.913. The van der Waals surface area contributed by atoms with E-state index in [2.05, 4.69) is 25.7 Å². The standard InChI is InChI=1S/C11H18N/c1-5-9-12(8-4,10-6-2)11-7-3/h1-2H,7-11H2,3-4H3/q+1. The molecule has 0 aromatic heterocycles. The first-order chi connectivity index (χ1) is 5.74. The zero-order valence-corrected chi connectivity index (χ0v) is 8.14. The summed E-state index contributed by atoms with van der Waals surface area (Å²) in [5.41, 5.74) is 0. The highest BCUT2D eigenvalue weighted by molar-refractivity contribution is 4.88. The van der Waals surface area contributed by atoms with E-state index >= 15 is 0 Å². The van der Waals surface area contributed by atoms with E-state index in [1.807, 2.05) is 0 Å². The molecular weight excluding hydrogens is 146 g/mol. The molecule has 0 atom stereocenters. The summed E-state index contributed by atoms with van der Waals surface area (Å²) >= 11 is 0. The predicted octanol–water partition coefficient (Wildman–Crippen LogP) is 1.50. The van der Waals surface area contributed by atoms with E-state index in [4.69, 9.17) is 12.8 Å². The predicted molar refractivity (Wildman–Crippen MR) is 53.4 cm³/mol. The van der Waals surface area contributed by atoms with Gasteiger partial charge < -0.3 is 4.48 Å². The van der Waals surface area contributed by atoms with Gasteiger partial charge >= 0.3 is 0 Å². The Kier molecular flexibility index (Phi) is 5.26. The Morgan fingerprint density at radius 3 is 1.83 bits per heavy atom. The Labute approximate surface area is 76.4 Å². The molecule has 0 aliphatic carbocycles. The Morgan fingerprint density at radius 2 is 1.58 bits per heavy atom. The van der Waals surface area contributed by atoms with Gasteiger partial charge in [-0.05, 0) is 25.2 Å². The molecule has 1 nitrogen and oxygen atoms in total. The number of terminal acetylenes is 2. The summed E-state index contributed by atoms with van der Waals surface area (Å²) in [4.78, 5) is 0. The van der Waals surface area contributed by atoms with Crippen molar-refractivity contribution in [2.45, 2.75) is 20.3 Å². The van der Waals surface area contributed by atoms with Gasteiger partial charge in [0.25, 0.3) is 0 Å². The van der Waals surface area contributed by atoms with Gasteiger partial charge in [0.05, 0.1) is 13.1 Å². The van der Waals surface area contributed by atoms with E-state index in [1.54, 1.807) is 0 Å². The smallest absolute Gasteiger partial charge is 0.141 e. The minimum Gasteiger partial charge on any atom is -0.304 e. The summed E-state index contributed by atoms with van der Waals surface area (Å²) in [6.45, 7) is 7.94. The van der Waals surface area contributed by atoms with E-state index in [0.717, 1.165) is 37.1 Å². The lowest BCUT2D eigenvalue weighted by Gasteiger charge is -2.33. The van der Waals surface area contributed by atoms with Crippen molar-refractivity contribution in [1.29, 1.82) is 0 Å². The molecule has 0 fully saturated rings. The van der Waals surface area contributed by atoms with E-state index in [1.165, 1.54) is 0 Å². The minimum absolute atomic E-state index is 0.758. The number of hydrogen-bond donors (Lipinski definition) is 0. The number of nitrogens with zero attached hydrogens (tertiary/aromatic N) is 1. The molecule has 0 spiro atoms. The molecule has 0 rings (SSSR count). The molecular formula is C11H18N+. The van der Waals surface area contributed by atoms with Gasteiger partial charge in [-0.1, -0.05) is 6.92 Å². The van der Waals surface area contributed by atoms with Crippen LogP contribution in [0.1, 0.15) is 20.3 Å². The molecule has 0 saturated carbocycles. The Balaban J connectivity index is 4.31. The maximum Gasteiger partial charge on any atom is 0.141 e. The fraction of sp³-hybridized carbons (Fsp3) is 0.636. The fourth-order valence-corrected chi connectivity index (χ4v) is 1.46. The van der Waals surface area contributed by atoms with Crippen molar-refractivity contribution in [3.63, 3.8) is 0 Å². The van der Waals surface area contributed by atoms with Crippen LogP contribution in [0.4, 0.5) is 0 Å². The molecule has 0 N–H and O–H groups in total. The highest BCUT2D eigenvalue weighted by Crippen LogP contribution is 2.06. The van der Waals surface area contributed by atoms with Crippen LogP contribution >= 0.6 is 0 Å². The van der Waals surface area contributed by atoms with Crippen LogP contribution in [-0.4, -0.2) is 30.7 Å². The third kappa shape index (κ3) is 2.99. The molecule has 0 radical (unpaired) electrons. The summed E-state index contributed by atoms with van der Waals surface area (Å²) in [5.74, 6) is 5.41. The van der Waals surface area contributed by atoms with Crippen molar-refractivity contribution in [3.8, 4) is 24.7 Å². The summed E-state index contributed by atoms with van der Waals surface area (Å²) in [5, 5.41) is 0. The fourth-order valence-electron chi connectivity index (χ4n) is 1.46. The van der Waals surface area contributed by atoms with Crippen molar-refractivity contribution < 1.29 is 4.48 Å². The molecule has 0 heterocycles. The molecule has 0 unspecified atom stereocenters. The van der Waals surface area contributed by atoms with Crippen molar-refractivity contribution >= 4 is 0 Å². The van der Waals surface area contributed by atoms with Crippen LogP contribution in [0.25, 0.3) is 0 Å². The highest BCUT2D eigenvalue weighted by Gasteiger charge is 2.21. The van der Waals surface area contributed by atoms with E-state index in [-0.39, 0.29) is 0 Å². The average molecular weight is 164 g/mol. The second-order valence-corrected chi connectivity index (χ2v) is 3.11. The van der Waals surface area contributed by atoms with Gasteiger partial charge in [0.15, 0.2) is 0 Å². The molecule has 0 amide bonds. The van der Waals surface area contributed by atoms with E-state index in [0.29, 0.717) is 0 Å². The van der Waals surface area contributed by atoms with Crippen molar-refractivity contribution in [2.75, 3.05) is 26.2 Å². The van der Waals surface area contributed by atoms with Crippen LogP contribution in [0.3, 0.4) is 0 Å². The molecule has 12 heavy (non-hydrogen) atoms. The average Bonchev–Trinajstić information content (AvgIpc) is 2.06. The molecule has 0 aliphatic heterocycles. The third-order valence-electron chi connectivity index (χ3n) is 2.22. The maximum absolute atomic E-state index is 5.32. The van der Waals surface area contributed by atoms with Gasteiger partial charge in [0, 0.05) is 0 Å². The van der Waals surface area contributed by atoms with Gasteiger partial charge in [0.2, 0.25) is 0 Å². The molecule has 0 aromatic carbocycles. The summed E-state index contributed by atoms with van der Waals surface area (Å²) in [6, 6.07) is 0. The summed E-state index contributed by atoms with van der Waals surface area (Å²) < 4.78 is 0.878. The van der Waals surface area contributed by atoms with Crippen molar-refractivity contribution in [3.05, 3.63) is 0 Å². The summed E-state index contributed by atoms with van der Waals surface area (Å²) in [6.07, 6.45) is 11.8. The topological polar surface area (TPSA) is 0 Å². The molecule has 0 aliphatic rings. The van der Waals surface area contributed by atoms with Crippen LogP contribution in [-0.2, 0) is 0 Å². The largest absolute Gasteiger partial charge is 0.304 e. The minimum atomic E-state index is 0.758. The van der Waals surface area contributed by atoms with Crippen molar-refractivity contribution in [1.82, 2.24) is 0 Å². The number of hydrogen-bond acceptors (Lipinski definition) is 0. The molecule has 0 aromatic rings. The van der Waals surface area contributed by atoms with Crippen LogP contribution in [0, 0.1) is 24.7 Å². The SMILES string of the molecule is C#CC[N+](CC)(CC#C)CCC. The van der Waals surface area contributed by atoms with Crippen LogP contribution in [0.5, 0.6) is 0 Å². The zero-order chi connectivity index (χ0) is 9.45. The lowest BCUT2D eigenvalue weighted by atomic mass is 10.3. The second kappa shape index (κ2) is 5.70. The molecule has 1 heteroatoms. The van der Waals surface area contributed by atoms with Crippen LogP contribution in [0.15, 0.2) is 0 Å². The van der Waals surface area contributed by atoms with Gasteiger partial charge in [-0.15, -0.1) is 12.8 Å². The van der Waals surface area contributed by atoms with Gasteiger partial charge in [0.1, 0.15) is 13.1 Å². The number of rotatable bonds is 5. The second-order valence-electron chi connectivity index (χ2n) is 3.11. The first kappa shape index (κ1) is 11.1. The Morgan fingerprint density at radius 1 is 1.08 bits per heavy atom. The zero-order valence-electron chi connectivity index (χ0n) is 8.14. The highest BCUT2D eigenvalue weighted by atomic mass is 15.3.